The first-order valence-corrected chi connectivity index (χ1v) is 10.8. The van der Waals surface area contributed by atoms with Gasteiger partial charge in [-0.1, -0.05) is 68.8 Å². The van der Waals surface area contributed by atoms with Crippen LogP contribution in [0.4, 0.5) is 0 Å². The topological polar surface area (TPSA) is 63.7 Å². The number of aryl methyl sites for hydroxylation is 1. The molecule has 1 saturated heterocycles. The second-order valence-electron chi connectivity index (χ2n) is 8.35. The predicted octanol–water partition coefficient (Wildman–Crippen LogP) is 4.03. The van der Waals surface area contributed by atoms with Crippen LogP contribution in [0.1, 0.15) is 43.1 Å². The minimum atomic E-state index is -3.81. The minimum Gasteiger partial charge on any atom is -0.360 e. The molecule has 1 aliphatic heterocycles. The van der Waals surface area contributed by atoms with Gasteiger partial charge in [0.05, 0.1) is 17.5 Å². The second-order valence-corrected chi connectivity index (χ2v) is 10.2. The number of hydrogen-bond acceptors (Lipinski definition) is 4. The van der Waals surface area contributed by atoms with E-state index in [4.69, 9.17) is 4.74 Å². The molecule has 0 aromatic heterocycles. The summed E-state index contributed by atoms with van der Waals surface area (Å²) in [5.41, 5.74) is 1.14. The molecule has 0 spiro atoms. The van der Waals surface area contributed by atoms with Crippen LogP contribution >= 0.6 is 0 Å². The van der Waals surface area contributed by atoms with Crippen molar-refractivity contribution >= 4 is 15.8 Å². The third-order valence-electron chi connectivity index (χ3n) is 4.89. The van der Waals surface area contributed by atoms with Gasteiger partial charge in [0.1, 0.15) is 6.23 Å². The standard InChI is InChI=1S/C22H27NO4S/c1-16-10-12-19(13-11-16)28(25,26)23-18(15-27-21(23)22(2,3)4)14-20(24)17-8-6-5-7-9-17/h5-13,18,21H,14-15H2,1-4H3/t18-,21-/m1/s1. The molecule has 0 radical (unpaired) electrons. The second kappa shape index (κ2) is 7.78. The molecular formula is C22H27NO4S. The summed E-state index contributed by atoms with van der Waals surface area (Å²) in [5.74, 6) is -0.0899. The van der Waals surface area contributed by atoms with Gasteiger partial charge in [0.2, 0.25) is 10.0 Å². The molecule has 0 aliphatic carbocycles. The van der Waals surface area contributed by atoms with Crippen molar-refractivity contribution in [2.45, 2.75) is 51.3 Å². The highest BCUT2D eigenvalue weighted by molar-refractivity contribution is 7.89. The zero-order chi connectivity index (χ0) is 20.5. The van der Waals surface area contributed by atoms with Crippen LogP contribution < -0.4 is 0 Å². The molecule has 6 heteroatoms. The maximum atomic E-state index is 13.5. The quantitative estimate of drug-likeness (QED) is 0.710. The van der Waals surface area contributed by atoms with Gasteiger partial charge in [0, 0.05) is 17.4 Å². The number of ketones is 1. The van der Waals surface area contributed by atoms with Crippen LogP contribution in [-0.2, 0) is 14.8 Å². The molecular weight excluding hydrogens is 374 g/mol. The average molecular weight is 402 g/mol. The fraction of sp³-hybridized carbons (Fsp3) is 0.409. The molecule has 2 atom stereocenters. The van der Waals surface area contributed by atoms with Crippen LogP contribution in [0.25, 0.3) is 0 Å². The van der Waals surface area contributed by atoms with Crippen molar-refractivity contribution in [3.8, 4) is 0 Å². The van der Waals surface area contributed by atoms with E-state index >= 15 is 0 Å². The van der Waals surface area contributed by atoms with E-state index < -0.39 is 27.7 Å². The molecule has 0 amide bonds. The first-order chi connectivity index (χ1) is 13.1. The van der Waals surface area contributed by atoms with Crippen LogP contribution in [0.5, 0.6) is 0 Å². The number of rotatable bonds is 5. The van der Waals surface area contributed by atoms with Crippen LogP contribution in [0.3, 0.4) is 0 Å². The van der Waals surface area contributed by atoms with Gasteiger partial charge in [-0.3, -0.25) is 4.79 Å². The third kappa shape index (κ3) is 4.19. The molecule has 0 bridgehead atoms. The van der Waals surface area contributed by atoms with Crippen LogP contribution in [0, 0.1) is 12.3 Å². The van der Waals surface area contributed by atoms with Crippen molar-refractivity contribution in [2.24, 2.45) is 5.41 Å². The molecule has 3 rings (SSSR count). The zero-order valence-electron chi connectivity index (χ0n) is 16.8. The fourth-order valence-electron chi connectivity index (χ4n) is 3.43. The van der Waals surface area contributed by atoms with Crippen LogP contribution in [0.2, 0.25) is 0 Å². The Labute approximate surface area is 167 Å². The number of nitrogens with zero attached hydrogens (tertiary/aromatic N) is 1. The van der Waals surface area contributed by atoms with Gasteiger partial charge in [0.25, 0.3) is 0 Å². The van der Waals surface area contributed by atoms with Gasteiger partial charge in [-0.2, -0.15) is 4.31 Å². The molecule has 2 aromatic carbocycles. The maximum Gasteiger partial charge on any atom is 0.245 e. The molecule has 5 nitrogen and oxygen atoms in total. The summed E-state index contributed by atoms with van der Waals surface area (Å²) < 4.78 is 34.2. The molecule has 0 unspecified atom stereocenters. The fourth-order valence-corrected chi connectivity index (χ4v) is 5.31. The predicted molar refractivity (Wildman–Crippen MR) is 109 cm³/mol. The van der Waals surface area contributed by atoms with Gasteiger partial charge in [-0.25, -0.2) is 8.42 Å². The number of Topliss-reactive ketones (excluding diaryl/α,β-unsaturated/α-hetero) is 1. The molecule has 2 aromatic rings. The monoisotopic (exact) mass is 401 g/mol. The van der Waals surface area contributed by atoms with E-state index in [0.29, 0.717) is 5.56 Å². The number of benzene rings is 2. The highest BCUT2D eigenvalue weighted by atomic mass is 32.2. The molecule has 0 saturated carbocycles. The Morgan fingerprint density at radius 3 is 2.25 bits per heavy atom. The van der Waals surface area contributed by atoms with Crippen LogP contribution in [-0.4, -0.2) is 37.4 Å². The number of ether oxygens (including phenoxy) is 1. The van der Waals surface area contributed by atoms with Crippen molar-refractivity contribution in [2.75, 3.05) is 6.61 Å². The zero-order valence-corrected chi connectivity index (χ0v) is 17.6. The van der Waals surface area contributed by atoms with Crippen LogP contribution in [0.15, 0.2) is 59.5 Å². The van der Waals surface area contributed by atoms with Crippen molar-refractivity contribution in [3.05, 3.63) is 65.7 Å². The Bertz CT molecular complexity index is 931. The summed E-state index contributed by atoms with van der Waals surface area (Å²) in [6.45, 7) is 7.93. The van der Waals surface area contributed by atoms with Crippen molar-refractivity contribution in [3.63, 3.8) is 0 Å². The summed E-state index contributed by atoms with van der Waals surface area (Å²) >= 11 is 0. The van der Waals surface area contributed by atoms with E-state index in [1.54, 1.807) is 48.5 Å². The SMILES string of the molecule is Cc1ccc(S(=O)(=O)N2[C@H](CC(=O)c3ccccc3)CO[C@@H]2C(C)(C)C)cc1. The largest absolute Gasteiger partial charge is 0.360 e. The lowest BCUT2D eigenvalue weighted by Gasteiger charge is -2.35. The Hall–Kier alpha value is -2.02. The van der Waals surface area contributed by atoms with Crippen molar-refractivity contribution in [1.82, 2.24) is 4.31 Å². The van der Waals surface area contributed by atoms with Gasteiger partial charge in [-0.15, -0.1) is 0 Å². The summed E-state index contributed by atoms with van der Waals surface area (Å²) in [4.78, 5) is 13.0. The Morgan fingerprint density at radius 1 is 1.07 bits per heavy atom. The van der Waals surface area contributed by atoms with E-state index in [9.17, 15) is 13.2 Å². The Kier molecular flexibility index (Phi) is 5.75. The number of carbonyl (C=O) groups is 1. The lowest BCUT2D eigenvalue weighted by molar-refractivity contribution is -0.0162. The Balaban J connectivity index is 1.96. The smallest absolute Gasteiger partial charge is 0.245 e. The molecule has 1 fully saturated rings. The number of carbonyl (C=O) groups excluding carboxylic acids is 1. The first kappa shape index (κ1) is 20.7. The lowest BCUT2D eigenvalue weighted by Crippen LogP contribution is -2.48. The van der Waals surface area contributed by atoms with E-state index in [1.807, 2.05) is 33.8 Å². The molecule has 1 heterocycles. The summed E-state index contributed by atoms with van der Waals surface area (Å²) in [6.07, 6.45) is -0.547. The molecule has 0 N–H and O–H groups in total. The molecule has 150 valence electrons. The average Bonchev–Trinajstić information content (AvgIpc) is 3.07. The number of hydrogen-bond donors (Lipinski definition) is 0. The van der Waals surface area contributed by atoms with Crippen molar-refractivity contribution in [1.29, 1.82) is 0 Å². The highest BCUT2D eigenvalue weighted by Crippen LogP contribution is 2.37. The van der Waals surface area contributed by atoms with Gasteiger partial charge < -0.3 is 4.74 Å². The van der Waals surface area contributed by atoms with Gasteiger partial charge in [0.15, 0.2) is 5.78 Å². The van der Waals surface area contributed by atoms with Gasteiger partial charge in [-0.05, 0) is 19.1 Å². The highest BCUT2D eigenvalue weighted by Gasteiger charge is 2.48. The summed E-state index contributed by atoms with van der Waals surface area (Å²) in [6, 6.07) is 15.2. The number of sulfonamides is 1. The molecule has 1 aliphatic rings. The Morgan fingerprint density at radius 2 is 1.68 bits per heavy atom. The van der Waals surface area contributed by atoms with E-state index in [1.165, 1.54) is 4.31 Å². The van der Waals surface area contributed by atoms with Gasteiger partial charge >= 0.3 is 0 Å². The summed E-state index contributed by atoms with van der Waals surface area (Å²) in [5, 5.41) is 0. The normalized spacial score (nSPS) is 21.0. The minimum absolute atomic E-state index is 0.0850. The van der Waals surface area contributed by atoms with E-state index in [2.05, 4.69) is 0 Å². The van der Waals surface area contributed by atoms with Crippen molar-refractivity contribution < 1.29 is 17.9 Å². The van der Waals surface area contributed by atoms with E-state index in [0.717, 1.165) is 5.56 Å². The third-order valence-corrected chi connectivity index (χ3v) is 6.80. The summed E-state index contributed by atoms with van der Waals surface area (Å²) in [7, 11) is -3.81. The molecule has 28 heavy (non-hydrogen) atoms. The van der Waals surface area contributed by atoms with E-state index in [-0.39, 0.29) is 23.7 Å². The lowest BCUT2D eigenvalue weighted by atomic mass is 9.94. The first-order valence-electron chi connectivity index (χ1n) is 9.41. The maximum absolute atomic E-state index is 13.5.